The van der Waals surface area contributed by atoms with Crippen molar-refractivity contribution in [3.05, 3.63) is 52.8 Å². The monoisotopic (exact) mass is 369 g/mol. The van der Waals surface area contributed by atoms with E-state index in [-0.39, 0.29) is 11.8 Å². The Bertz CT molecular complexity index is 818. The molecule has 1 aliphatic carbocycles. The molecule has 1 unspecified atom stereocenters. The largest absolute Gasteiger partial charge is 0.490 e. The molecule has 0 saturated heterocycles. The standard InChI is InChI=1S/C22H27NO4/c1-4-18(22(24)25)20-8-6-16-13-17(7-9-19(16)20)26-11-12-27-21-10-5-14(2)23-15(21)3/h5,7,9-10,13,18,20H,4,6,8,11-12H2,1-3H3,(H,24,25)/t18?,20-/m0/s1. The normalized spacial score (nSPS) is 16.6. The van der Waals surface area contributed by atoms with Gasteiger partial charge in [-0.15, -0.1) is 0 Å². The molecule has 3 rings (SSSR count). The van der Waals surface area contributed by atoms with Gasteiger partial charge in [-0.05, 0) is 74.4 Å². The minimum absolute atomic E-state index is 0.108. The van der Waals surface area contributed by atoms with E-state index in [1.807, 2.05) is 51.1 Å². The Labute approximate surface area is 160 Å². The second-order valence-corrected chi connectivity index (χ2v) is 7.09. The van der Waals surface area contributed by atoms with Gasteiger partial charge in [-0.1, -0.05) is 13.0 Å². The van der Waals surface area contributed by atoms with Gasteiger partial charge in [0.2, 0.25) is 0 Å². The van der Waals surface area contributed by atoms with Crippen LogP contribution in [0.5, 0.6) is 11.5 Å². The topological polar surface area (TPSA) is 68.7 Å². The summed E-state index contributed by atoms with van der Waals surface area (Å²) >= 11 is 0. The third-order valence-corrected chi connectivity index (χ3v) is 5.27. The smallest absolute Gasteiger partial charge is 0.307 e. The zero-order valence-electron chi connectivity index (χ0n) is 16.2. The molecule has 1 aliphatic rings. The van der Waals surface area contributed by atoms with Crippen LogP contribution in [0.4, 0.5) is 0 Å². The number of hydrogen-bond acceptors (Lipinski definition) is 4. The lowest BCUT2D eigenvalue weighted by Gasteiger charge is -2.19. The molecule has 1 aromatic heterocycles. The minimum Gasteiger partial charge on any atom is -0.490 e. The van der Waals surface area contributed by atoms with Crippen LogP contribution in [0.2, 0.25) is 0 Å². The predicted molar refractivity (Wildman–Crippen MR) is 104 cm³/mol. The summed E-state index contributed by atoms with van der Waals surface area (Å²) in [4.78, 5) is 15.9. The lowest BCUT2D eigenvalue weighted by molar-refractivity contribution is -0.142. The number of ether oxygens (including phenoxy) is 2. The number of carboxylic acids is 1. The Balaban J connectivity index is 1.56. The second kappa shape index (κ2) is 8.42. The van der Waals surface area contributed by atoms with Crippen molar-refractivity contribution in [1.29, 1.82) is 0 Å². The quantitative estimate of drug-likeness (QED) is 0.703. The number of rotatable bonds is 8. The molecule has 144 valence electrons. The molecule has 1 N–H and O–H groups in total. The molecule has 0 amide bonds. The van der Waals surface area contributed by atoms with Crippen LogP contribution in [0, 0.1) is 19.8 Å². The first kappa shape index (κ1) is 19.2. The lowest BCUT2D eigenvalue weighted by atomic mass is 9.85. The molecule has 0 fully saturated rings. The van der Waals surface area contributed by atoms with Gasteiger partial charge >= 0.3 is 5.97 Å². The third-order valence-electron chi connectivity index (χ3n) is 5.27. The Hall–Kier alpha value is -2.56. The number of aliphatic carboxylic acids is 1. The summed E-state index contributed by atoms with van der Waals surface area (Å²) in [7, 11) is 0. The summed E-state index contributed by atoms with van der Waals surface area (Å²) in [5.41, 5.74) is 4.22. The highest BCUT2D eigenvalue weighted by Gasteiger charge is 2.33. The van der Waals surface area contributed by atoms with E-state index in [1.165, 1.54) is 5.56 Å². The maximum absolute atomic E-state index is 11.5. The van der Waals surface area contributed by atoms with E-state index < -0.39 is 5.97 Å². The maximum atomic E-state index is 11.5. The molecule has 1 heterocycles. The number of benzene rings is 1. The SMILES string of the molecule is CCC(C(=O)O)[C@@H]1CCc2cc(OCCOc3ccc(C)nc3C)ccc21. The molecule has 0 saturated carbocycles. The van der Waals surface area contributed by atoms with Crippen LogP contribution < -0.4 is 9.47 Å². The zero-order chi connectivity index (χ0) is 19.4. The summed E-state index contributed by atoms with van der Waals surface area (Å²) < 4.78 is 11.6. The number of hydrogen-bond donors (Lipinski definition) is 1. The first-order valence-electron chi connectivity index (χ1n) is 9.55. The molecule has 27 heavy (non-hydrogen) atoms. The van der Waals surface area contributed by atoms with E-state index in [9.17, 15) is 9.90 Å². The molecule has 2 atom stereocenters. The molecule has 5 nitrogen and oxygen atoms in total. The Morgan fingerprint density at radius 1 is 1.22 bits per heavy atom. The van der Waals surface area contributed by atoms with E-state index in [4.69, 9.17) is 9.47 Å². The summed E-state index contributed by atoms with van der Waals surface area (Å²) in [6.07, 6.45) is 2.46. The lowest BCUT2D eigenvalue weighted by Crippen LogP contribution is -2.19. The Morgan fingerprint density at radius 3 is 2.70 bits per heavy atom. The van der Waals surface area contributed by atoms with Crippen molar-refractivity contribution in [2.75, 3.05) is 13.2 Å². The predicted octanol–water partition coefficient (Wildman–Crippen LogP) is 4.30. The van der Waals surface area contributed by atoms with Crippen molar-refractivity contribution in [1.82, 2.24) is 4.98 Å². The molecule has 5 heteroatoms. The van der Waals surface area contributed by atoms with Gasteiger partial charge in [-0.2, -0.15) is 0 Å². The molecule has 0 aliphatic heterocycles. The van der Waals surface area contributed by atoms with E-state index >= 15 is 0 Å². The molecular formula is C22H27NO4. The van der Waals surface area contributed by atoms with Gasteiger partial charge in [0.1, 0.15) is 24.7 Å². The van der Waals surface area contributed by atoms with Gasteiger partial charge in [0.25, 0.3) is 0 Å². The maximum Gasteiger partial charge on any atom is 0.307 e. The van der Waals surface area contributed by atoms with Crippen LogP contribution >= 0.6 is 0 Å². The molecule has 0 spiro atoms. The fourth-order valence-corrected chi connectivity index (χ4v) is 3.90. The fourth-order valence-electron chi connectivity index (χ4n) is 3.90. The number of pyridine rings is 1. The Kier molecular flexibility index (Phi) is 5.99. The Morgan fingerprint density at radius 2 is 2.00 bits per heavy atom. The molecule has 1 aromatic carbocycles. The number of aryl methyl sites for hydroxylation is 3. The van der Waals surface area contributed by atoms with E-state index in [0.717, 1.165) is 41.3 Å². The first-order valence-corrected chi connectivity index (χ1v) is 9.55. The zero-order valence-corrected chi connectivity index (χ0v) is 16.2. The summed E-state index contributed by atoms with van der Waals surface area (Å²) in [6, 6.07) is 9.87. The van der Waals surface area contributed by atoms with Crippen molar-refractivity contribution in [3.8, 4) is 11.5 Å². The van der Waals surface area contributed by atoms with Crippen molar-refractivity contribution in [2.24, 2.45) is 5.92 Å². The van der Waals surface area contributed by atoms with Gasteiger partial charge in [0, 0.05) is 5.69 Å². The third kappa shape index (κ3) is 4.41. The number of carboxylic acid groups (broad SMARTS) is 1. The number of fused-ring (bicyclic) bond motifs is 1. The number of carbonyl (C=O) groups is 1. The average Bonchev–Trinajstić information content (AvgIpc) is 3.03. The summed E-state index contributed by atoms with van der Waals surface area (Å²) in [5.74, 6) is 0.684. The average molecular weight is 369 g/mol. The molecule has 0 radical (unpaired) electrons. The van der Waals surface area contributed by atoms with Crippen LogP contribution in [0.1, 0.15) is 48.2 Å². The first-order chi connectivity index (χ1) is 13.0. The van der Waals surface area contributed by atoms with Crippen molar-refractivity contribution in [3.63, 3.8) is 0 Å². The molecule has 0 bridgehead atoms. The number of nitrogens with zero attached hydrogens (tertiary/aromatic N) is 1. The highest BCUT2D eigenvalue weighted by atomic mass is 16.5. The highest BCUT2D eigenvalue weighted by molar-refractivity contribution is 5.71. The van der Waals surface area contributed by atoms with Crippen LogP contribution in [0.3, 0.4) is 0 Å². The minimum atomic E-state index is -0.700. The van der Waals surface area contributed by atoms with Crippen molar-refractivity contribution in [2.45, 2.75) is 46.0 Å². The van der Waals surface area contributed by atoms with Gasteiger partial charge in [0.05, 0.1) is 11.6 Å². The molecular weight excluding hydrogens is 342 g/mol. The van der Waals surface area contributed by atoms with Crippen molar-refractivity contribution >= 4 is 5.97 Å². The summed E-state index contributed by atoms with van der Waals surface area (Å²) in [6.45, 7) is 6.72. The number of aromatic nitrogens is 1. The van der Waals surface area contributed by atoms with Gasteiger partial charge in [0.15, 0.2) is 0 Å². The van der Waals surface area contributed by atoms with Gasteiger partial charge < -0.3 is 14.6 Å². The highest BCUT2D eigenvalue weighted by Crippen LogP contribution is 2.41. The summed E-state index contributed by atoms with van der Waals surface area (Å²) in [5, 5.41) is 9.44. The van der Waals surface area contributed by atoms with Crippen LogP contribution in [0.25, 0.3) is 0 Å². The molecule has 2 aromatic rings. The van der Waals surface area contributed by atoms with Crippen LogP contribution in [-0.4, -0.2) is 29.3 Å². The van der Waals surface area contributed by atoms with E-state index in [0.29, 0.717) is 19.6 Å². The van der Waals surface area contributed by atoms with Crippen LogP contribution in [0.15, 0.2) is 30.3 Å². The van der Waals surface area contributed by atoms with Gasteiger partial charge in [-0.3, -0.25) is 9.78 Å². The van der Waals surface area contributed by atoms with E-state index in [1.54, 1.807) is 0 Å². The fraction of sp³-hybridized carbons (Fsp3) is 0.455. The second-order valence-electron chi connectivity index (χ2n) is 7.09. The van der Waals surface area contributed by atoms with Gasteiger partial charge in [-0.25, -0.2) is 0 Å². The van der Waals surface area contributed by atoms with E-state index in [2.05, 4.69) is 4.98 Å². The van der Waals surface area contributed by atoms with Crippen LogP contribution in [-0.2, 0) is 11.2 Å². The van der Waals surface area contributed by atoms with Crippen molar-refractivity contribution < 1.29 is 19.4 Å².